The van der Waals surface area contributed by atoms with Gasteiger partial charge in [-0.2, -0.15) is 15.0 Å². The molecule has 2 aliphatic rings. The molecule has 2 aliphatic heterocycles. The van der Waals surface area contributed by atoms with Gasteiger partial charge < -0.3 is 9.80 Å². The first-order valence-electron chi connectivity index (χ1n) is 8.02. The molecule has 1 atom stereocenters. The van der Waals surface area contributed by atoms with Crippen LogP contribution in [0.5, 0.6) is 0 Å². The third-order valence-corrected chi connectivity index (χ3v) is 4.40. The summed E-state index contributed by atoms with van der Waals surface area (Å²) in [4.78, 5) is 18.0. The molecule has 0 amide bonds. The molecule has 21 heavy (non-hydrogen) atoms. The predicted octanol–water partition coefficient (Wildman–Crippen LogP) is 1.38. The number of nitrogens with two attached hydrogens (primary N) is 1. The van der Waals surface area contributed by atoms with E-state index in [1.54, 1.807) is 0 Å². The molecule has 7 heteroatoms. The number of nitrogens with zero attached hydrogens (tertiary/aromatic N) is 5. The number of hydrogen-bond acceptors (Lipinski definition) is 7. The van der Waals surface area contributed by atoms with Gasteiger partial charge >= 0.3 is 0 Å². The van der Waals surface area contributed by atoms with Gasteiger partial charge in [-0.3, -0.25) is 5.43 Å². The lowest BCUT2D eigenvalue weighted by Gasteiger charge is -2.20. The van der Waals surface area contributed by atoms with Gasteiger partial charge in [0.25, 0.3) is 0 Å². The summed E-state index contributed by atoms with van der Waals surface area (Å²) >= 11 is 0. The van der Waals surface area contributed by atoms with Crippen LogP contribution in [0.25, 0.3) is 0 Å². The zero-order valence-electron chi connectivity index (χ0n) is 12.8. The Hall–Kier alpha value is -1.63. The van der Waals surface area contributed by atoms with Crippen LogP contribution in [0.15, 0.2) is 0 Å². The van der Waals surface area contributed by atoms with Crippen LogP contribution in [0, 0.1) is 5.92 Å². The summed E-state index contributed by atoms with van der Waals surface area (Å²) in [7, 11) is 0. The van der Waals surface area contributed by atoms with Crippen molar-refractivity contribution >= 4 is 17.8 Å². The van der Waals surface area contributed by atoms with Gasteiger partial charge in [-0.25, -0.2) is 5.84 Å². The molecule has 3 N–H and O–H groups in total. The average molecular weight is 291 g/mol. The Balaban J connectivity index is 1.79. The summed E-state index contributed by atoms with van der Waals surface area (Å²) in [6.45, 7) is 6.35. The number of nitrogens with one attached hydrogen (secondary N) is 1. The van der Waals surface area contributed by atoms with Crippen LogP contribution >= 0.6 is 0 Å². The first-order chi connectivity index (χ1) is 10.3. The number of nitrogen functional groups attached to an aromatic ring is 1. The van der Waals surface area contributed by atoms with Crippen molar-refractivity contribution in [1.82, 2.24) is 15.0 Å². The molecule has 3 rings (SSSR count). The Morgan fingerprint density at radius 1 is 1.10 bits per heavy atom. The maximum Gasteiger partial charge on any atom is 0.243 e. The molecule has 0 aliphatic carbocycles. The Bertz CT molecular complexity index is 472. The number of rotatable bonds is 5. The largest absolute Gasteiger partial charge is 0.341 e. The molecule has 0 aromatic carbocycles. The monoisotopic (exact) mass is 291 g/mol. The van der Waals surface area contributed by atoms with Crippen LogP contribution in [-0.2, 0) is 0 Å². The van der Waals surface area contributed by atoms with Gasteiger partial charge in [-0.15, -0.1) is 0 Å². The third-order valence-electron chi connectivity index (χ3n) is 4.40. The van der Waals surface area contributed by atoms with Gasteiger partial charge in [-0.1, -0.05) is 13.3 Å². The maximum atomic E-state index is 5.52. The molecule has 0 spiro atoms. The van der Waals surface area contributed by atoms with Gasteiger partial charge in [0.1, 0.15) is 0 Å². The van der Waals surface area contributed by atoms with Crippen LogP contribution in [0.4, 0.5) is 17.8 Å². The van der Waals surface area contributed by atoms with E-state index in [1.165, 1.54) is 32.1 Å². The Morgan fingerprint density at radius 3 is 2.48 bits per heavy atom. The van der Waals surface area contributed by atoms with Crippen molar-refractivity contribution in [3.05, 3.63) is 0 Å². The van der Waals surface area contributed by atoms with E-state index in [4.69, 9.17) is 5.84 Å². The van der Waals surface area contributed by atoms with Crippen LogP contribution in [-0.4, -0.2) is 41.1 Å². The third kappa shape index (κ3) is 3.18. The smallest absolute Gasteiger partial charge is 0.243 e. The molecule has 116 valence electrons. The van der Waals surface area contributed by atoms with Crippen LogP contribution in [0.3, 0.4) is 0 Å². The molecule has 2 fully saturated rings. The second-order valence-corrected chi connectivity index (χ2v) is 5.99. The minimum Gasteiger partial charge on any atom is -0.341 e. The molecule has 2 saturated heterocycles. The van der Waals surface area contributed by atoms with Crippen molar-refractivity contribution in [2.45, 2.75) is 39.0 Å². The van der Waals surface area contributed by atoms with Gasteiger partial charge in [0.2, 0.25) is 17.8 Å². The summed E-state index contributed by atoms with van der Waals surface area (Å²) < 4.78 is 0. The molecule has 1 unspecified atom stereocenters. The molecule has 0 saturated carbocycles. The van der Waals surface area contributed by atoms with Gasteiger partial charge in [0, 0.05) is 26.2 Å². The Kier molecular flexibility index (Phi) is 4.38. The lowest BCUT2D eigenvalue weighted by molar-refractivity contribution is 0.529. The molecular weight excluding hydrogens is 266 g/mol. The lowest BCUT2D eigenvalue weighted by Crippen LogP contribution is -2.27. The van der Waals surface area contributed by atoms with Gasteiger partial charge in [0.05, 0.1) is 0 Å². The highest BCUT2D eigenvalue weighted by Crippen LogP contribution is 2.26. The van der Waals surface area contributed by atoms with E-state index in [2.05, 4.69) is 37.1 Å². The maximum absolute atomic E-state index is 5.52. The van der Waals surface area contributed by atoms with Crippen LogP contribution in [0.2, 0.25) is 0 Å². The van der Waals surface area contributed by atoms with Crippen molar-refractivity contribution in [1.29, 1.82) is 0 Å². The van der Waals surface area contributed by atoms with Crippen molar-refractivity contribution in [2.75, 3.05) is 41.4 Å². The second-order valence-electron chi connectivity index (χ2n) is 5.99. The normalized spacial score (nSPS) is 22.1. The van der Waals surface area contributed by atoms with Crippen LogP contribution in [0.1, 0.15) is 39.0 Å². The highest BCUT2D eigenvalue weighted by Gasteiger charge is 2.25. The Labute approximate surface area is 125 Å². The van der Waals surface area contributed by atoms with Crippen molar-refractivity contribution in [3.8, 4) is 0 Å². The highest BCUT2D eigenvalue weighted by molar-refractivity contribution is 5.45. The second kappa shape index (κ2) is 6.43. The average Bonchev–Trinajstić information content (AvgIpc) is 3.18. The van der Waals surface area contributed by atoms with Crippen molar-refractivity contribution < 1.29 is 0 Å². The first-order valence-corrected chi connectivity index (χ1v) is 8.02. The minimum atomic E-state index is 0.459. The highest BCUT2D eigenvalue weighted by atomic mass is 15.4. The summed E-state index contributed by atoms with van der Waals surface area (Å²) in [6.07, 6.45) is 6.15. The Morgan fingerprint density at radius 2 is 1.81 bits per heavy atom. The molecule has 7 nitrogen and oxygen atoms in total. The van der Waals surface area contributed by atoms with E-state index >= 15 is 0 Å². The lowest BCUT2D eigenvalue weighted by atomic mass is 10.0. The van der Waals surface area contributed by atoms with Crippen molar-refractivity contribution in [3.63, 3.8) is 0 Å². The molecule has 1 aromatic heterocycles. The van der Waals surface area contributed by atoms with E-state index in [0.717, 1.165) is 44.0 Å². The fourth-order valence-corrected chi connectivity index (χ4v) is 3.28. The van der Waals surface area contributed by atoms with E-state index in [1.807, 2.05) is 0 Å². The van der Waals surface area contributed by atoms with E-state index < -0.39 is 0 Å². The van der Waals surface area contributed by atoms with Crippen LogP contribution < -0.4 is 21.1 Å². The number of aromatic nitrogens is 3. The fraction of sp³-hybridized carbons (Fsp3) is 0.786. The van der Waals surface area contributed by atoms with Crippen molar-refractivity contribution in [2.24, 2.45) is 11.8 Å². The molecule has 0 bridgehead atoms. The minimum absolute atomic E-state index is 0.459. The molecule has 1 aromatic rings. The van der Waals surface area contributed by atoms with E-state index in [9.17, 15) is 0 Å². The first kappa shape index (κ1) is 14.3. The van der Waals surface area contributed by atoms with Gasteiger partial charge in [0.15, 0.2) is 0 Å². The molecule has 3 heterocycles. The zero-order chi connectivity index (χ0) is 14.7. The summed E-state index contributed by atoms with van der Waals surface area (Å²) in [5, 5.41) is 0. The number of hydrogen-bond donors (Lipinski definition) is 2. The summed E-state index contributed by atoms with van der Waals surface area (Å²) in [6, 6.07) is 0. The number of hydrazine groups is 1. The zero-order valence-corrected chi connectivity index (χ0v) is 12.8. The number of anilines is 3. The quantitative estimate of drug-likeness (QED) is 0.626. The molecule has 0 radical (unpaired) electrons. The standard InChI is InChI=1S/C14H25N7/c1-2-5-11-6-9-21(10-11)14-17-12(19-15)16-13(18-14)20-7-3-4-8-20/h11H,2-10,15H2,1H3,(H,16,17,18,19). The van der Waals surface area contributed by atoms with Gasteiger partial charge in [-0.05, 0) is 31.6 Å². The predicted molar refractivity (Wildman–Crippen MR) is 84.3 cm³/mol. The fourth-order valence-electron chi connectivity index (χ4n) is 3.28. The topological polar surface area (TPSA) is 83.2 Å². The van der Waals surface area contributed by atoms with E-state index in [0.29, 0.717) is 5.95 Å². The SMILES string of the molecule is CCCC1CCN(c2nc(NN)nc(N3CCCC3)n2)C1. The summed E-state index contributed by atoms with van der Waals surface area (Å²) in [5.74, 6) is 8.26. The summed E-state index contributed by atoms with van der Waals surface area (Å²) in [5.41, 5.74) is 2.58. The van der Waals surface area contributed by atoms with E-state index in [-0.39, 0.29) is 0 Å². The molecular formula is C14H25N7.